The van der Waals surface area contributed by atoms with E-state index in [1.54, 1.807) is 10.7 Å². The molecule has 0 unspecified atom stereocenters. The fourth-order valence-corrected chi connectivity index (χ4v) is 4.82. The topological polar surface area (TPSA) is 120 Å². The molecule has 0 atom stereocenters. The van der Waals surface area contributed by atoms with Crippen LogP contribution in [0.15, 0.2) is 55.0 Å². The Kier molecular flexibility index (Phi) is 5.27. The number of anilines is 3. The fraction of sp³-hybridized carbons (Fsp3) is 0.286. The number of nitrogens with one attached hydrogen (secondary N) is 3. The van der Waals surface area contributed by atoms with Crippen molar-refractivity contribution in [3.05, 3.63) is 55.0 Å². The molecule has 3 N–H and O–H groups in total. The summed E-state index contributed by atoms with van der Waals surface area (Å²) >= 11 is 0. The van der Waals surface area contributed by atoms with E-state index in [1.165, 1.54) is 10.6 Å². The lowest BCUT2D eigenvalue weighted by Crippen LogP contribution is -2.41. The number of benzene rings is 1. The van der Waals surface area contributed by atoms with Gasteiger partial charge in [-0.2, -0.15) is 10.1 Å². The van der Waals surface area contributed by atoms with Crippen LogP contribution >= 0.6 is 0 Å². The van der Waals surface area contributed by atoms with Gasteiger partial charge >= 0.3 is 0 Å². The molecular weight excluding hydrogens is 428 g/mol. The van der Waals surface area contributed by atoms with Crippen molar-refractivity contribution < 1.29 is 8.42 Å². The van der Waals surface area contributed by atoms with Gasteiger partial charge in [0.1, 0.15) is 0 Å². The van der Waals surface area contributed by atoms with E-state index in [2.05, 4.69) is 25.9 Å². The standard InChI is InChI=1S/C21H24N8O2S/c1-32(30,31)28-10-7-17(8-11-28)25-21-26-20-19(24-16-5-3-2-4-6-16)18(9-12-29(20)27-21)15-13-22-23-14-15/h2-6,9,12-14,17,24H,7-8,10-11H2,1H3,(H,22,23)(H,25,27). The largest absolute Gasteiger partial charge is 0.352 e. The molecule has 0 aliphatic carbocycles. The van der Waals surface area contributed by atoms with Crippen molar-refractivity contribution in [1.82, 2.24) is 29.1 Å². The Balaban J connectivity index is 1.45. The van der Waals surface area contributed by atoms with Crippen molar-refractivity contribution in [2.45, 2.75) is 18.9 Å². The Bertz CT molecular complexity index is 1310. The average molecular weight is 453 g/mol. The van der Waals surface area contributed by atoms with Gasteiger partial charge in [0.15, 0.2) is 5.65 Å². The molecule has 1 aliphatic heterocycles. The average Bonchev–Trinajstić information content (AvgIpc) is 3.44. The van der Waals surface area contributed by atoms with Crippen molar-refractivity contribution in [1.29, 1.82) is 0 Å². The van der Waals surface area contributed by atoms with Crippen molar-refractivity contribution in [2.24, 2.45) is 0 Å². The van der Waals surface area contributed by atoms with Gasteiger partial charge in [0, 0.05) is 48.3 Å². The van der Waals surface area contributed by atoms with Gasteiger partial charge in [0.2, 0.25) is 16.0 Å². The SMILES string of the molecule is CS(=O)(=O)N1CCC(Nc2nc3c(Nc4ccccc4)c(-c4cn[nH]c4)ccn3n2)CC1. The molecule has 11 heteroatoms. The molecule has 166 valence electrons. The zero-order valence-corrected chi connectivity index (χ0v) is 18.4. The number of aromatic amines is 1. The lowest BCUT2D eigenvalue weighted by Gasteiger charge is -2.30. The molecular formula is C21H24N8O2S. The number of nitrogens with zero attached hydrogens (tertiary/aromatic N) is 5. The highest BCUT2D eigenvalue weighted by molar-refractivity contribution is 7.88. The molecule has 0 saturated carbocycles. The number of H-pyrrole nitrogens is 1. The number of hydrogen-bond donors (Lipinski definition) is 3. The van der Waals surface area contributed by atoms with Crippen LogP contribution in [0.25, 0.3) is 16.8 Å². The summed E-state index contributed by atoms with van der Waals surface area (Å²) in [5.74, 6) is 0.517. The first-order valence-electron chi connectivity index (χ1n) is 10.4. The summed E-state index contributed by atoms with van der Waals surface area (Å²) in [4.78, 5) is 4.76. The maximum absolute atomic E-state index is 11.7. The van der Waals surface area contributed by atoms with Crippen molar-refractivity contribution in [3.8, 4) is 11.1 Å². The lowest BCUT2D eigenvalue weighted by molar-refractivity contribution is 0.331. The van der Waals surface area contributed by atoms with E-state index in [-0.39, 0.29) is 6.04 Å². The number of piperidine rings is 1. The highest BCUT2D eigenvalue weighted by Gasteiger charge is 2.25. The number of hydrogen-bond acceptors (Lipinski definition) is 7. The molecule has 5 rings (SSSR count). The van der Waals surface area contributed by atoms with E-state index in [0.717, 1.165) is 22.5 Å². The van der Waals surface area contributed by atoms with Gasteiger partial charge in [0.05, 0.1) is 18.1 Å². The number of fused-ring (bicyclic) bond motifs is 1. The number of para-hydroxylation sites is 1. The van der Waals surface area contributed by atoms with Gasteiger partial charge in [-0.25, -0.2) is 17.2 Å². The Morgan fingerprint density at radius 3 is 2.59 bits per heavy atom. The monoisotopic (exact) mass is 452 g/mol. The van der Waals surface area contributed by atoms with Crippen molar-refractivity contribution >= 4 is 33.0 Å². The maximum atomic E-state index is 11.7. The second-order valence-electron chi connectivity index (χ2n) is 7.87. The molecule has 4 aromatic rings. The van der Waals surface area contributed by atoms with Crippen LogP contribution in [0.4, 0.5) is 17.3 Å². The molecule has 0 spiro atoms. The first-order valence-corrected chi connectivity index (χ1v) is 12.2. The quantitative estimate of drug-likeness (QED) is 0.411. The van der Waals surface area contributed by atoms with E-state index in [9.17, 15) is 8.42 Å². The third-order valence-electron chi connectivity index (χ3n) is 5.62. The van der Waals surface area contributed by atoms with Crippen LogP contribution in [0.3, 0.4) is 0 Å². The van der Waals surface area contributed by atoms with E-state index in [0.29, 0.717) is 37.5 Å². The molecule has 0 bridgehead atoms. The van der Waals surface area contributed by atoms with Crippen LogP contribution in [0.5, 0.6) is 0 Å². The minimum Gasteiger partial charge on any atom is -0.352 e. The molecule has 4 heterocycles. The van der Waals surface area contributed by atoms with Crippen molar-refractivity contribution in [3.63, 3.8) is 0 Å². The summed E-state index contributed by atoms with van der Waals surface area (Å²) in [5.41, 5.74) is 4.35. The van der Waals surface area contributed by atoms with Gasteiger partial charge < -0.3 is 10.6 Å². The summed E-state index contributed by atoms with van der Waals surface area (Å²) in [6.45, 7) is 0.991. The zero-order valence-electron chi connectivity index (χ0n) is 17.6. The van der Waals surface area contributed by atoms with E-state index in [4.69, 9.17) is 4.98 Å². The minimum atomic E-state index is -3.15. The van der Waals surface area contributed by atoms with Crippen LogP contribution in [-0.2, 0) is 10.0 Å². The first kappa shape index (κ1) is 20.5. The summed E-state index contributed by atoms with van der Waals surface area (Å²) in [7, 11) is -3.15. The number of pyridine rings is 1. The number of aromatic nitrogens is 5. The van der Waals surface area contributed by atoms with Gasteiger partial charge in [0.25, 0.3) is 0 Å². The molecule has 3 aromatic heterocycles. The minimum absolute atomic E-state index is 0.115. The zero-order chi connectivity index (χ0) is 22.1. The van der Waals surface area contributed by atoms with Gasteiger partial charge in [-0.15, -0.1) is 5.10 Å². The molecule has 1 aliphatic rings. The highest BCUT2D eigenvalue weighted by atomic mass is 32.2. The smallest absolute Gasteiger partial charge is 0.243 e. The molecule has 1 aromatic carbocycles. The maximum Gasteiger partial charge on any atom is 0.243 e. The Hall–Kier alpha value is -3.44. The Morgan fingerprint density at radius 2 is 1.91 bits per heavy atom. The summed E-state index contributed by atoms with van der Waals surface area (Å²) in [6, 6.07) is 12.0. The molecule has 1 saturated heterocycles. The summed E-state index contributed by atoms with van der Waals surface area (Å²) in [6.07, 6.45) is 8.15. The van der Waals surface area contributed by atoms with E-state index >= 15 is 0 Å². The van der Waals surface area contributed by atoms with Crippen molar-refractivity contribution in [2.75, 3.05) is 30.0 Å². The Morgan fingerprint density at radius 1 is 1.12 bits per heavy atom. The molecule has 1 fully saturated rings. The van der Waals surface area contributed by atoms with Crippen LogP contribution < -0.4 is 10.6 Å². The third-order valence-corrected chi connectivity index (χ3v) is 6.92. The van der Waals surface area contributed by atoms with E-state index in [1.807, 2.05) is 48.8 Å². The highest BCUT2D eigenvalue weighted by Crippen LogP contribution is 2.33. The summed E-state index contributed by atoms with van der Waals surface area (Å²) < 4.78 is 26.8. The number of sulfonamides is 1. The van der Waals surface area contributed by atoms with Crippen LogP contribution in [0, 0.1) is 0 Å². The predicted molar refractivity (Wildman–Crippen MR) is 123 cm³/mol. The van der Waals surface area contributed by atoms with E-state index < -0.39 is 10.0 Å². The normalized spacial score (nSPS) is 15.8. The third kappa shape index (κ3) is 4.16. The molecule has 32 heavy (non-hydrogen) atoms. The summed E-state index contributed by atoms with van der Waals surface area (Å²) in [5, 5.41) is 18.4. The Labute approximate surface area is 185 Å². The molecule has 0 amide bonds. The molecule has 0 radical (unpaired) electrons. The van der Waals surface area contributed by atoms with Gasteiger partial charge in [-0.3, -0.25) is 5.10 Å². The molecule has 10 nitrogen and oxygen atoms in total. The predicted octanol–water partition coefficient (Wildman–Crippen LogP) is 2.70. The van der Waals surface area contributed by atoms with Gasteiger partial charge in [-0.05, 0) is 31.0 Å². The number of rotatable bonds is 6. The van der Waals surface area contributed by atoms with Crippen LogP contribution in [0.1, 0.15) is 12.8 Å². The first-order chi connectivity index (χ1) is 15.5. The fourth-order valence-electron chi connectivity index (χ4n) is 3.95. The van der Waals surface area contributed by atoms with Gasteiger partial charge in [-0.1, -0.05) is 18.2 Å². The lowest BCUT2D eigenvalue weighted by atomic mass is 10.1. The van der Waals surface area contributed by atoms with Crippen LogP contribution in [0.2, 0.25) is 0 Å². The second kappa shape index (κ2) is 8.24. The van der Waals surface area contributed by atoms with Crippen LogP contribution in [-0.4, -0.2) is 62.9 Å². The second-order valence-corrected chi connectivity index (χ2v) is 9.85.